The summed E-state index contributed by atoms with van der Waals surface area (Å²) in [6, 6.07) is -0.437. The molecule has 174 valence electrons. The van der Waals surface area contributed by atoms with Crippen molar-refractivity contribution in [3.8, 4) is 11.4 Å². The van der Waals surface area contributed by atoms with Gasteiger partial charge in [0, 0.05) is 48.6 Å². The zero-order valence-electron chi connectivity index (χ0n) is 19.1. The maximum absolute atomic E-state index is 13.3. The van der Waals surface area contributed by atoms with Gasteiger partial charge in [0.2, 0.25) is 5.91 Å². The van der Waals surface area contributed by atoms with Gasteiger partial charge in [-0.15, -0.1) is 0 Å². The number of imidazole rings is 1. The summed E-state index contributed by atoms with van der Waals surface area (Å²) < 4.78 is 14.2. The summed E-state index contributed by atoms with van der Waals surface area (Å²) in [5, 5.41) is 3.45. The van der Waals surface area contributed by atoms with Gasteiger partial charge >= 0.3 is 0 Å². The fraction of sp³-hybridized carbons (Fsp3) is 0.545. The fourth-order valence-electron chi connectivity index (χ4n) is 4.81. The number of nitrogens with zero attached hydrogens (tertiary/aromatic N) is 7. The summed E-state index contributed by atoms with van der Waals surface area (Å²) >= 11 is 0. The Morgan fingerprint density at radius 1 is 1.21 bits per heavy atom. The molecule has 3 unspecified atom stereocenters. The molecule has 2 saturated heterocycles. The summed E-state index contributed by atoms with van der Waals surface area (Å²) in [5.74, 6) is 3.09. The Morgan fingerprint density at radius 3 is 2.70 bits per heavy atom. The molecular weight excluding hydrogens is 440 g/mol. The van der Waals surface area contributed by atoms with Crippen LogP contribution < -0.4 is 5.32 Å². The number of rotatable bonds is 6. The molecule has 3 aromatic heterocycles. The average molecular weight is 469 g/mol. The van der Waals surface area contributed by atoms with Crippen molar-refractivity contribution >= 4 is 33.7 Å². The normalized spacial score (nSPS) is 23.1. The van der Waals surface area contributed by atoms with E-state index in [-0.39, 0.29) is 11.2 Å². The predicted molar refractivity (Wildman–Crippen MR) is 126 cm³/mol. The lowest BCUT2D eigenvalue weighted by atomic mass is 10.1. The number of hydrogen-bond acceptors (Lipinski definition) is 8. The van der Waals surface area contributed by atoms with Crippen molar-refractivity contribution < 1.29 is 9.00 Å². The highest BCUT2D eigenvalue weighted by Crippen LogP contribution is 2.32. The molecule has 11 heteroatoms. The van der Waals surface area contributed by atoms with E-state index in [0.717, 1.165) is 17.7 Å². The number of carbonyl (C=O) groups is 1. The van der Waals surface area contributed by atoms with Crippen LogP contribution in [0, 0.1) is 12.8 Å². The number of nitrogens with one attached hydrogen (secondary N) is 1. The second kappa shape index (κ2) is 8.77. The third-order valence-corrected chi connectivity index (χ3v) is 8.47. The standard InChI is InChI=1S/C22H28N8O2S/c1-4-16(22(31)29-10-14-6-7-33(32)17(14)11-29)27-19-18-21(26-12-25-19)30(5-2)20(28-18)15-8-23-13(3)24-9-15/h8-9,12,14,16-17H,4-7,10-11H2,1-3H3,(H,25,26,27)/t14?,16-,17?,33?/m0/s1. The van der Waals surface area contributed by atoms with Crippen LogP contribution in [0.2, 0.25) is 0 Å². The number of amides is 1. The van der Waals surface area contributed by atoms with Crippen LogP contribution in [0.5, 0.6) is 0 Å². The Hall–Kier alpha value is -2.95. The van der Waals surface area contributed by atoms with Crippen molar-refractivity contribution in [1.29, 1.82) is 0 Å². The van der Waals surface area contributed by atoms with Gasteiger partial charge in [-0.2, -0.15) is 0 Å². The first kappa shape index (κ1) is 21.9. The molecule has 0 saturated carbocycles. The third-order valence-electron chi connectivity index (χ3n) is 6.62. The minimum Gasteiger partial charge on any atom is -0.356 e. The van der Waals surface area contributed by atoms with Crippen molar-refractivity contribution in [3.05, 3.63) is 24.5 Å². The fourth-order valence-corrected chi connectivity index (χ4v) is 6.64. The highest BCUT2D eigenvalue weighted by molar-refractivity contribution is 7.86. The van der Waals surface area contributed by atoms with Crippen molar-refractivity contribution in [2.75, 3.05) is 24.2 Å². The SMILES string of the molecule is CC[C@H](Nc1ncnc2c1nc(-c1cnc(C)nc1)n2CC)C(=O)N1CC2CCS(=O)C2C1. The Labute approximate surface area is 194 Å². The Morgan fingerprint density at radius 2 is 2.00 bits per heavy atom. The maximum Gasteiger partial charge on any atom is 0.245 e. The van der Waals surface area contributed by atoms with Crippen molar-refractivity contribution in [2.45, 2.75) is 51.4 Å². The van der Waals surface area contributed by atoms with Crippen LogP contribution >= 0.6 is 0 Å². The molecule has 2 aliphatic rings. The van der Waals surface area contributed by atoms with E-state index < -0.39 is 16.8 Å². The molecule has 0 aliphatic carbocycles. The van der Waals surface area contributed by atoms with E-state index in [1.807, 2.05) is 30.2 Å². The summed E-state index contributed by atoms with van der Waals surface area (Å²) in [6.45, 7) is 7.78. The first-order valence-electron chi connectivity index (χ1n) is 11.4. The molecule has 1 N–H and O–H groups in total. The molecular formula is C22H28N8O2S. The van der Waals surface area contributed by atoms with Gasteiger partial charge in [0.15, 0.2) is 17.0 Å². The van der Waals surface area contributed by atoms with E-state index in [9.17, 15) is 9.00 Å². The second-order valence-electron chi connectivity index (χ2n) is 8.61. The van der Waals surface area contributed by atoms with Crippen LogP contribution in [0.3, 0.4) is 0 Å². The van der Waals surface area contributed by atoms with Gasteiger partial charge in [-0.3, -0.25) is 9.00 Å². The minimum atomic E-state index is -0.816. The molecule has 33 heavy (non-hydrogen) atoms. The third kappa shape index (κ3) is 3.88. The Balaban J connectivity index is 1.44. The van der Waals surface area contributed by atoms with Gasteiger partial charge in [-0.25, -0.2) is 24.9 Å². The highest BCUT2D eigenvalue weighted by atomic mass is 32.2. The van der Waals surface area contributed by atoms with Gasteiger partial charge in [0.05, 0.1) is 10.8 Å². The van der Waals surface area contributed by atoms with E-state index >= 15 is 0 Å². The molecule has 0 aromatic carbocycles. The first-order chi connectivity index (χ1) is 16.0. The molecule has 0 spiro atoms. The Bertz CT molecular complexity index is 1210. The molecule has 5 heterocycles. The lowest BCUT2D eigenvalue weighted by Crippen LogP contribution is -2.42. The zero-order valence-corrected chi connectivity index (χ0v) is 19.9. The van der Waals surface area contributed by atoms with Gasteiger partial charge in [0.1, 0.15) is 24.0 Å². The first-order valence-corrected chi connectivity index (χ1v) is 12.8. The smallest absolute Gasteiger partial charge is 0.245 e. The van der Waals surface area contributed by atoms with E-state index in [1.165, 1.54) is 6.33 Å². The average Bonchev–Trinajstić information content (AvgIpc) is 3.51. The van der Waals surface area contributed by atoms with Gasteiger partial charge in [-0.1, -0.05) is 6.92 Å². The van der Waals surface area contributed by atoms with Crippen LogP contribution in [0.15, 0.2) is 18.7 Å². The van der Waals surface area contributed by atoms with Crippen LogP contribution in [0.4, 0.5) is 5.82 Å². The summed E-state index contributed by atoms with van der Waals surface area (Å²) in [7, 11) is -0.816. The van der Waals surface area contributed by atoms with E-state index in [1.54, 1.807) is 12.4 Å². The summed E-state index contributed by atoms with van der Waals surface area (Å²) in [4.78, 5) is 37.5. The van der Waals surface area contributed by atoms with Crippen molar-refractivity contribution in [3.63, 3.8) is 0 Å². The van der Waals surface area contributed by atoms with E-state index in [4.69, 9.17) is 4.98 Å². The molecule has 1 amide bonds. The number of aromatic nitrogens is 6. The number of aryl methyl sites for hydroxylation is 2. The van der Waals surface area contributed by atoms with E-state index in [0.29, 0.717) is 60.6 Å². The largest absolute Gasteiger partial charge is 0.356 e. The van der Waals surface area contributed by atoms with Crippen molar-refractivity contribution in [2.24, 2.45) is 5.92 Å². The highest BCUT2D eigenvalue weighted by Gasteiger charge is 2.43. The van der Waals surface area contributed by atoms with Gasteiger partial charge in [0.25, 0.3) is 0 Å². The minimum absolute atomic E-state index is 0.0257. The predicted octanol–water partition coefficient (Wildman–Crippen LogP) is 1.78. The summed E-state index contributed by atoms with van der Waals surface area (Å²) in [6.07, 6.45) is 6.55. The zero-order chi connectivity index (χ0) is 23.1. The molecule has 10 nitrogen and oxygen atoms in total. The quantitative estimate of drug-likeness (QED) is 0.582. The lowest BCUT2D eigenvalue weighted by Gasteiger charge is -2.24. The molecule has 4 atom stereocenters. The number of anilines is 1. The van der Waals surface area contributed by atoms with Crippen LogP contribution in [0.25, 0.3) is 22.6 Å². The second-order valence-corrected chi connectivity index (χ2v) is 10.4. The molecule has 2 fully saturated rings. The molecule has 2 aliphatic heterocycles. The van der Waals surface area contributed by atoms with E-state index in [2.05, 4.69) is 25.3 Å². The molecule has 5 rings (SSSR count). The van der Waals surface area contributed by atoms with Crippen LogP contribution in [0.1, 0.15) is 32.5 Å². The molecule has 0 bridgehead atoms. The molecule has 3 aromatic rings. The van der Waals surface area contributed by atoms with Gasteiger partial charge < -0.3 is 14.8 Å². The lowest BCUT2D eigenvalue weighted by molar-refractivity contribution is -0.131. The number of carbonyl (C=O) groups excluding carboxylic acids is 1. The number of likely N-dealkylation sites (tertiary alicyclic amines) is 1. The monoisotopic (exact) mass is 468 g/mol. The maximum atomic E-state index is 13.3. The number of fused-ring (bicyclic) bond motifs is 2. The van der Waals surface area contributed by atoms with Crippen LogP contribution in [-0.2, 0) is 22.1 Å². The molecule has 0 radical (unpaired) electrons. The summed E-state index contributed by atoms with van der Waals surface area (Å²) in [5.41, 5.74) is 2.10. The Kier molecular flexibility index (Phi) is 5.81. The number of hydrogen-bond donors (Lipinski definition) is 1. The topological polar surface area (TPSA) is 119 Å². The van der Waals surface area contributed by atoms with Crippen LogP contribution in [-0.4, -0.2) is 74.6 Å². The van der Waals surface area contributed by atoms with Crippen molar-refractivity contribution in [1.82, 2.24) is 34.4 Å². The van der Waals surface area contributed by atoms with Gasteiger partial charge in [-0.05, 0) is 32.6 Å².